The van der Waals surface area contributed by atoms with Crippen molar-refractivity contribution in [1.82, 2.24) is 4.72 Å². The van der Waals surface area contributed by atoms with Gasteiger partial charge in [0.2, 0.25) is 5.91 Å². The average Bonchev–Trinajstić information content (AvgIpc) is 3.09. The summed E-state index contributed by atoms with van der Waals surface area (Å²) >= 11 is 0. The third kappa shape index (κ3) is 5.87. The molecule has 0 atom stereocenters. The van der Waals surface area contributed by atoms with Gasteiger partial charge < -0.3 is 5.32 Å². The van der Waals surface area contributed by atoms with Crippen LogP contribution in [0.1, 0.15) is 42.7 Å². The number of nitrogens with one attached hydrogen (secondary N) is 2. The van der Waals surface area contributed by atoms with E-state index in [0.717, 1.165) is 30.4 Å². The number of hydrogen-bond acceptors (Lipinski definition) is 4. The van der Waals surface area contributed by atoms with Crippen LogP contribution in [0.3, 0.4) is 0 Å². The predicted molar refractivity (Wildman–Crippen MR) is 131 cm³/mol. The van der Waals surface area contributed by atoms with E-state index in [1.165, 1.54) is 12.1 Å². The molecule has 0 bridgehead atoms. The summed E-state index contributed by atoms with van der Waals surface area (Å²) in [5.74, 6) is -0.155. The van der Waals surface area contributed by atoms with Gasteiger partial charge in [0.1, 0.15) is 5.84 Å². The maximum Gasteiger partial charge on any atom is 0.262 e. The number of amidine groups is 1. The Bertz CT molecular complexity index is 1170. The topological polar surface area (TPSA) is 87.6 Å². The van der Waals surface area contributed by atoms with Gasteiger partial charge in [0.15, 0.2) is 0 Å². The minimum atomic E-state index is -3.72. The van der Waals surface area contributed by atoms with Crippen LogP contribution in [0.2, 0.25) is 0 Å². The second-order valence-corrected chi connectivity index (χ2v) is 9.69. The zero-order valence-electron chi connectivity index (χ0n) is 18.3. The third-order valence-electron chi connectivity index (χ3n) is 5.59. The largest absolute Gasteiger partial charge is 0.325 e. The van der Waals surface area contributed by atoms with E-state index in [9.17, 15) is 13.2 Å². The number of rotatable bonds is 6. The Morgan fingerprint density at radius 3 is 2.00 bits per heavy atom. The fraction of sp³-hybridized carbons (Fsp3) is 0.231. The first kappa shape index (κ1) is 22.7. The summed E-state index contributed by atoms with van der Waals surface area (Å²) in [4.78, 5) is 17.7. The summed E-state index contributed by atoms with van der Waals surface area (Å²) < 4.78 is 28.1. The van der Waals surface area contributed by atoms with Gasteiger partial charge in [-0.3, -0.25) is 14.5 Å². The first-order chi connectivity index (χ1) is 16.0. The molecule has 0 spiro atoms. The van der Waals surface area contributed by atoms with Crippen molar-refractivity contribution in [2.24, 2.45) is 4.99 Å². The van der Waals surface area contributed by atoms with E-state index in [1.54, 1.807) is 12.1 Å². The van der Waals surface area contributed by atoms with Crippen LogP contribution in [0.4, 0.5) is 5.69 Å². The van der Waals surface area contributed by atoms with E-state index in [1.807, 2.05) is 60.7 Å². The Hall–Kier alpha value is -3.45. The summed E-state index contributed by atoms with van der Waals surface area (Å²) in [6.45, 7) is 0.646. The molecule has 0 unspecified atom stereocenters. The number of benzene rings is 3. The smallest absolute Gasteiger partial charge is 0.262 e. The lowest BCUT2D eigenvalue weighted by molar-refractivity contribution is -0.116. The van der Waals surface area contributed by atoms with Crippen LogP contribution in [0, 0.1) is 0 Å². The lowest BCUT2D eigenvalue weighted by Gasteiger charge is -2.18. The van der Waals surface area contributed by atoms with Crippen LogP contribution in [0.25, 0.3) is 0 Å². The maximum absolute atomic E-state index is 13.2. The molecule has 6 nitrogen and oxygen atoms in total. The SMILES string of the molecule is O=C(Nc1ccc(S(=O)(=O)NC2=NCCCCC2)cc1)C(c1ccccc1)c1ccccc1. The van der Waals surface area contributed by atoms with Crippen LogP contribution < -0.4 is 10.0 Å². The fourth-order valence-electron chi connectivity index (χ4n) is 3.89. The fourth-order valence-corrected chi connectivity index (χ4v) is 4.98. The lowest BCUT2D eigenvalue weighted by Crippen LogP contribution is -2.30. The maximum atomic E-state index is 13.2. The molecule has 4 rings (SSSR count). The van der Waals surface area contributed by atoms with Crippen LogP contribution in [-0.4, -0.2) is 26.7 Å². The molecule has 170 valence electrons. The van der Waals surface area contributed by atoms with Crippen LogP contribution in [-0.2, 0) is 14.8 Å². The molecule has 0 saturated heterocycles. The Morgan fingerprint density at radius 2 is 1.39 bits per heavy atom. The highest BCUT2D eigenvalue weighted by Crippen LogP contribution is 2.26. The molecule has 0 radical (unpaired) electrons. The number of aliphatic imine (C=N–C) groups is 1. The average molecular weight is 462 g/mol. The van der Waals surface area contributed by atoms with Crippen molar-refractivity contribution in [3.63, 3.8) is 0 Å². The molecule has 0 aromatic heterocycles. The molecule has 1 aliphatic heterocycles. The molecular formula is C26H27N3O3S. The van der Waals surface area contributed by atoms with Crippen LogP contribution in [0.5, 0.6) is 0 Å². The molecule has 2 N–H and O–H groups in total. The highest BCUT2D eigenvalue weighted by Gasteiger charge is 2.23. The molecule has 1 amide bonds. The van der Waals surface area contributed by atoms with E-state index in [-0.39, 0.29) is 10.8 Å². The first-order valence-electron chi connectivity index (χ1n) is 11.1. The number of carbonyl (C=O) groups is 1. The van der Waals surface area contributed by atoms with Crippen molar-refractivity contribution in [2.45, 2.75) is 36.5 Å². The van der Waals surface area contributed by atoms with E-state index in [4.69, 9.17) is 0 Å². The van der Waals surface area contributed by atoms with Gasteiger partial charge in [-0.05, 0) is 48.2 Å². The number of sulfonamides is 1. The molecule has 33 heavy (non-hydrogen) atoms. The van der Waals surface area contributed by atoms with Gasteiger partial charge >= 0.3 is 0 Å². The van der Waals surface area contributed by atoms with Gasteiger partial charge in [0.05, 0.1) is 10.8 Å². The Morgan fingerprint density at radius 1 is 0.788 bits per heavy atom. The minimum Gasteiger partial charge on any atom is -0.325 e. The monoisotopic (exact) mass is 461 g/mol. The van der Waals surface area contributed by atoms with E-state index in [0.29, 0.717) is 24.5 Å². The number of nitrogens with zero attached hydrogens (tertiary/aromatic N) is 1. The van der Waals surface area contributed by atoms with Crippen molar-refractivity contribution >= 4 is 27.5 Å². The molecule has 3 aromatic carbocycles. The van der Waals surface area contributed by atoms with Crippen LogP contribution in [0.15, 0.2) is 94.8 Å². The number of carbonyl (C=O) groups excluding carboxylic acids is 1. The summed E-state index contributed by atoms with van der Waals surface area (Å²) in [5.41, 5.74) is 2.30. The van der Waals surface area contributed by atoms with Gasteiger partial charge in [-0.15, -0.1) is 0 Å². The first-order valence-corrected chi connectivity index (χ1v) is 12.6. The van der Waals surface area contributed by atoms with Crippen LogP contribution >= 0.6 is 0 Å². The summed E-state index contributed by atoms with van der Waals surface area (Å²) in [6, 6.07) is 25.4. The van der Waals surface area contributed by atoms with Gasteiger partial charge in [-0.1, -0.05) is 67.1 Å². The summed E-state index contributed by atoms with van der Waals surface area (Å²) in [6.07, 6.45) is 3.59. The third-order valence-corrected chi connectivity index (χ3v) is 6.98. The van der Waals surface area contributed by atoms with E-state index >= 15 is 0 Å². The number of anilines is 1. The molecule has 0 fully saturated rings. The highest BCUT2D eigenvalue weighted by molar-refractivity contribution is 7.90. The van der Waals surface area contributed by atoms with E-state index < -0.39 is 15.9 Å². The summed E-state index contributed by atoms with van der Waals surface area (Å²) in [5, 5.41) is 2.93. The summed E-state index contributed by atoms with van der Waals surface area (Å²) in [7, 11) is -3.72. The lowest BCUT2D eigenvalue weighted by atomic mass is 9.90. The van der Waals surface area contributed by atoms with Crippen molar-refractivity contribution in [3.05, 3.63) is 96.1 Å². The second-order valence-electron chi connectivity index (χ2n) is 8.01. The molecule has 3 aromatic rings. The second kappa shape index (κ2) is 10.4. The molecule has 7 heteroatoms. The zero-order chi connectivity index (χ0) is 23.1. The normalized spacial score (nSPS) is 14.3. The number of hydrogen-bond donors (Lipinski definition) is 2. The molecule has 1 heterocycles. The van der Waals surface area contributed by atoms with Gasteiger partial charge in [0.25, 0.3) is 10.0 Å². The number of amides is 1. The van der Waals surface area contributed by atoms with Gasteiger partial charge in [0, 0.05) is 18.7 Å². The quantitative estimate of drug-likeness (QED) is 0.557. The molecule has 0 saturated carbocycles. The standard InChI is InChI=1S/C26H27N3O3S/c30-26(25(20-10-4-1-5-11-20)21-12-6-2-7-13-21)28-22-15-17-23(18-16-22)33(31,32)29-24-14-8-3-9-19-27-24/h1-2,4-7,10-13,15-18,25H,3,8-9,14,19H2,(H,27,29)(H,28,30). The van der Waals surface area contributed by atoms with Crippen molar-refractivity contribution in [1.29, 1.82) is 0 Å². The highest BCUT2D eigenvalue weighted by atomic mass is 32.2. The van der Waals surface area contributed by atoms with Crippen molar-refractivity contribution in [3.8, 4) is 0 Å². The molecular weight excluding hydrogens is 434 g/mol. The molecule has 0 aliphatic carbocycles. The van der Waals surface area contributed by atoms with E-state index in [2.05, 4.69) is 15.0 Å². The Balaban J connectivity index is 1.50. The Labute approximate surface area is 194 Å². The minimum absolute atomic E-state index is 0.134. The predicted octanol–water partition coefficient (Wildman–Crippen LogP) is 4.71. The zero-order valence-corrected chi connectivity index (χ0v) is 19.1. The Kier molecular flexibility index (Phi) is 7.19. The van der Waals surface area contributed by atoms with Gasteiger partial charge in [-0.2, -0.15) is 0 Å². The van der Waals surface area contributed by atoms with Crippen molar-refractivity contribution in [2.75, 3.05) is 11.9 Å². The van der Waals surface area contributed by atoms with Crippen molar-refractivity contribution < 1.29 is 13.2 Å². The molecule has 1 aliphatic rings. The van der Waals surface area contributed by atoms with Gasteiger partial charge in [-0.25, -0.2) is 8.42 Å².